The largest absolute Gasteiger partial charge is 0.462 e. The van der Waals surface area contributed by atoms with Gasteiger partial charge in [0.15, 0.2) is 12.1 Å². The van der Waals surface area contributed by atoms with Gasteiger partial charge in [-0.15, -0.1) is 0 Å². The van der Waals surface area contributed by atoms with E-state index in [9.17, 15) is 29.0 Å². The summed E-state index contributed by atoms with van der Waals surface area (Å²) in [5.41, 5.74) is 2.25. The number of ether oxygens (including phenoxy) is 4. The van der Waals surface area contributed by atoms with Crippen LogP contribution in [-0.4, -0.2) is 114 Å². The number of likely N-dealkylation sites (N-methyl/N-ethyl adjacent to an activating group) is 1. The molecular formula is C43H57FN2O9. The number of allylic oxidation sites excluding steroid dienone is 3. The molecule has 1 fully saturated rings. The summed E-state index contributed by atoms with van der Waals surface area (Å²) < 4.78 is 38.9. The minimum absolute atomic E-state index is 0.0187. The molecule has 0 bridgehead atoms. The number of carbonyl (C=O) groups excluding carboxylic acids is 3. The Morgan fingerprint density at radius 3 is 2.55 bits per heavy atom. The summed E-state index contributed by atoms with van der Waals surface area (Å²) in [4.78, 5) is 44.8. The zero-order valence-electron chi connectivity index (χ0n) is 33.0. The Hall–Kier alpha value is -3.83. The third-order valence-electron chi connectivity index (χ3n) is 10.7. The van der Waals surface area contributed by atoms with Gasteiger partial charge in [0, 0.05) is 41.3 Å². The van der Waals surface area contributed by atoms with E-state index < -0.39 is 91.7 Å². The van der Waals surface area contributed by atoms with Crippen molar-refractivity contribution in [2.45, 2.75) is 109 Å². The lowest BCUT2D eigenvalue weighted by molar-refractivity contribution is -0.307. The summed E-state index contributed by atoms with van der Waals surface area (Å²) in [6, 6.07) is 9.11. The second-order valence-corrected chi connectivity index (χ2v) is 15.1. The van der Waals surface area contributed by atoms with Crippen molar-refractivity contribution in [3.8, 4) is 11.8 Å². The van der Waals surface area contributed by atoms with Gasteiger partial charge in [0.25, 0.3) is 0 Å². The van der Waals surface area contributed by atoms with Crippen molar-refractivity contribution in [1.29, 1.82) is 0 Å². The first-order valence-corrected chi connectivity index (χ1v) is 19.2. The number of halogens is 1. The van der Waals surface area contributed by atoms with Crippen LogP contribution in [0.5, 0.6) is 0 Å². The van der Waals surface area contributed by atoms with Gasteiger partial charge in [0.1, 0.15) is 31.2 Å². The molecule has 0 radical (unpaired) electrons. The number of aromatic nitrogens is 1. The summed E-state index contributed by atoms with van der Waals surface area (Å²) in [5, 5.41) is 24.2. The SMILES string of the molecule is CC[C@H]1OC(=O)C[C@@H](O)[C@H](C)[C@@H](O[C@@H]2O[C@H](C)[C@@H](OCC#Cc3cnc4ccccc4c3)[C@H](N(C)C)[C@H]2O)[C@@H](CC=O)C[C@@H](C)C(=O)/C=C/C(C)=C/[C@@H]1CF. The molecule has 2 aromatic rings. The molecule has 300 valence electrons. The second-order valence-electron chi connectivity index (χ2n) is 15.1. The van der Waals surface area contributed by atoms with Crippen LogP contribution < -0.4 is 0 Å². The average molecular weight is 765 g/mol. The summed E-state index contributed by atoms with van der Waals surface area (Å²) in [7, 11) is 3.61. The summed E-state index contributed by atoms with van der Waals surface area (Å²) in [5.74, 6) is 2.53. The van der Waals surface area contributed by atoms with Crippen molar-refractivity contribution in [3.05, 3.63) is 65.9 Å². The highest BCUT2D eigenvalue weighted by Gasteiger charge is 2.48. The molecule has 1 aromatic heterocycles. The number of esters is 1. The maximum absolute atomic E-state index is 14.1. The van der Waals surface area contributed by atoms with Gasteiger partial charge in [-0.3, -0.25) is 19.0 Å². The molecule has 0 spiro atoms. The molecule has 2 N–H and O–H groups in total. The van der Waals surface area contributed by atoms with E-state index in [1.54, 1.807) is 67.1 Å². The number of ketones is 1. The molecule has 0 saturated carbocycles. The smallest absolute Gasteiger partial charge is 0.308 e. The zero-order valence-corrected chi connectivity index (χ0v) is 33.0. The van der Waals surface area contributed by atoms with Gasteiger partial charge in [-0.2, -0.15) is 0 Å². The van der Waals surface area contributed by atoms with Crippen molar-refractivity contribution in [2.75, 3.05) is 27.4 Å². The van der Waals surface area contributed by atoms with Crippen LogP contribution in [-0.2, 0) is 33.3 Å². The number of cyclic esters (lactones) is 1. The van der Waals surface area contributed by atoms with E-state index in [1.807, 2.05) is 35.2 Å². The van der Waals surface area contributed by atoms with Gasteiger partial charge in [0.05, 0.1) is 43.0 Å². The maximum Gasteiger partial charge on any atom is 0.308 e. The number of nitrogens with zero attached hydrogens (tertiary/aromatic N) is 2. The number of aliphatic hydroxyl groups is 2. The molecule has 12 heteroatoms. The van der Waals surface area contributed by atoms with Crippen molar-refractivity contribution in [2.24, 2.45) is 23.7 Å². The van der Waals surface area contributed by atoms with E-state index in [0.29, 0.717) is 12.0 Å². The molecule has 0 amide bonds. The third kappa shape index (κ3) is 11.8. The Kier molecular flexibility index (Phi) is 16.7. The third-order valence-corrected chi connectivity index (χ3v) is 10.7. The van der Waals surface area contributed by atoms with Crippen molar-refractivity contribution in [1.82, 2.24) is 9.88 Å². The molecule has 55 heavy (non-hydrogen) atoms. The van der Waals surface area contributed by atoms with Crippen LogP contribution in [0.15, 0.2) is 60.3 Å². The average Bonchev–Trinajstić information content (AvgIpc) is 3.16. The topological polar surface area (TPSA) is 145 Å². The van der Waals surface area contributed by atoms with E-state index in [2.05, 4.69) is 16.8 Å². The van der Waals surface area contributed by atoms with E-state index >= 15 is 0 Å². The Morgan fingerprint density at radius 1 is 1.11 bits per heavy atom. The maximum atomic E-state index is 14.1. The normalized spacial score (nSPS) is 34.3. The van der Waals surface area contributed by atoms with Crippen LogP contribution in [0.3, 0.4) is 0 Å². The van der Waals surface area contributed by atoms with Crippen molar-refractivity contribution < 1.29 is 47.9 Å². The highest BCUT2D eigenvalue weighted by molar-refractivity contribution is 5.91. The number of rotatable bonds is 9. The predicted octanol–water partition coefficient (Wildman–Crippen LogP) is 5.00. The standard InChI is InChI=1S/C43H57FN2O9/c1-8-37-33(24-44)20-26(2)15-16-35(48)27(3)21-32(17-18-47)41(28(4)36(49)23-38(50)54-37)55-43-40(51)39(46(6)7)42(29(5)53-43)52-19-11-12-30-22-31-13-9-10-14-34(31)45-25-30/h9-10,13-16,18,20,22,25,27-29,32-33,36-37,39-43,49,51H,8,17,19,21,23-24H2,1-7H3/b16-15+,26-20+/t27-,28+,29-,32+,33-,36-,37-,39-,40-,41-,42-,43+/m1/s1. The molecular weight excluding hydrogens is 707 g/mol. The molecule has 12 atom stereocenters. The van der Waals surface area contributed by atoms with Gasteiger partial charge in [-0.05, 0) is 64.9 Å². The highest BCUT2D eigenvalue weighted by atomic mass is 19.1. The van der Waals surface area contributed by atoms with Crippen LogP contribution in [0, 0.1) is 35.5 Å². The van der Waals surface area contributed by atoms with Gasteiger partial charge in [-0.1, -0.05) is 68.5 Å². The summed E-state index contributed by atoms with van der Waals surface area (Å²) in [6.07, 6.45) is 0.504. The van der Waals surface area contributed by atoms with Crippen LogP contribution in [0.1, 0.15) is 65.9 Å². The monoisotopic (exact) mass is 764 g/mol. The lowest BCUT2D eigenvalue weighted by Gasteiger charge is -2.47. The van der Waals surface area contributed by atoms with Gasteiger partial charge in [-0.25, -0.2) is 0 Å². The number of aliphatic hydroxyl groups excluding tert-OH is 2. The number of benzene rings is 1. The molecule has 2 aliphatic heterocycles. The molecule has 4 rings (SSSR count). The number of para-hydroxylation sites is 1. The number of aldehydes is 1. The van der Waals surface area contributed by atoms with Crippen LogP contribution in [0.25, 0.3) is 10.9 Å². The van der Waals surface area contributed by atoms with Crippen LogP contribution in [0.2, 0.25) is 0 Å². The fourth-order valence-corrected chi connectivity index (χ4v) is 7.53. The van der Waals surface area contributed by atoms with Crippen molar-refractivity contribution in [3.63, 3.8) is 0 Å². The van der Waals surface area contributed by atoms with E-state index in [0.717, 1.165) is 22.8 Å². The highest BCUT2D eigenvalue weighted by Crippen LogP contribution is 2.35. The summed E-state index contributed by atoms with van der Waals surface area (Å²) in [6.45, 7) is 8.03. The van der Waals surface area contributed by atoms with Crippen LogP contribution in [0.4, 0.5) is 4.39 Å². The fourth-order valence-electron chi connectivity index (χ4n) is 7.53. The number of alkyl halides is 1. The van der Waals surface area contributed by atoms with Crippen molar-refractivity contribution >= 4 is 28.9 Å². The minimum atomic E-state index is -1.31. The van der Waals surface area contributed by atoms with E-state index in [4.69, 9.17) is 18.9 Å². The Bertz CT molecular complexity index is 1720. The molecule has 3 heterocycles. The van der Waals surface area contributed by atoms with Gasteiger partial charge < -0.3 is 38.9 Å². The Balaban J connectivity index is 1.58. The zero-order chi connectivity index (χ0) is 40.2. The Labute approximate surface area is 324 Å². The lowest BCUT2D eigenvalue weighted by atomic mass is 9.79. The van der Waals surface area contributed by atoms with E-state index in [1.165, 1.54) is 6.08 Å². The number of pyridine rings is 1. The first-order chi connectivity index (χ1) is 26.3. The van der Waals surface area contributed by atoms with Gasteiger partial charge >= 0.3 is 5.97 Å². The fraction of sp³-hybridized carbons (Fsp3) is 0.581. The quantitative estimate of drug-likeness (QED) is 0.202. The summed E-state index contributed by atoms with van der Waals surface area (Å²) >= 11 is 0. The number of hydrogen-bond donors (Lipinski definition) is 2. The molecule has 11 nitrogen and oxygen atoms in total. The lowest BCUT2D eigenvalue weighted by Crippen LogP contribution is -2.64. The number of hydrogen-bond acceptors (Lipinski definition) is 11. The predicted molar refractivity (Wildman–Crippen MR) is 206 cm³/mol. The number of fused-ring (bicyclic) bond motifs is 1. The van der Waals surface area contributed by atoms with Crippen LogP contribution >= 0.6 is 0 Å². The number of carbonyl (C=O) groups is 3. The molecule has 1 aromatic carbocycles. The first-order valence-electron chi connectivity index (χ1n) is 19.2. The molecule has 2 aliphatic rings. The first kappa shape index (κ1) is 43.9. The molecule has 1 saturated heterocycles. The minimum Gasteiger partial charge on any atom is -0.462 e. The Morgan fingerprint density at radius 2 is 1.85 bits per heavy atom. The molecule has 0 unspecified atom stereocenters. The van der Waals surface area contributed by atoms with E-state index in [-0.39, 0.29) is 25.2 Å². The molecule has 0 aliphatic carbocycles. The van der Waals surface area contributed by atoms with Gasteiger partial charge in [0.2, 0.25) is 0 Å². The second kappa shape index (κ2) is 20.9.